The van der Waals surface area contributed by atoms with Gasteiger partial charge in [0, 0.05) is 20.3 Å². The number of anilines is 1. The van der Waals surface area contributed by atoms with Gasteiger partial charge in [0.25, 0.3) is 0 Å². The van der Waals surface area contributed by atoms with Crippen molar-refractivity contribution in [2.24, 2.45) is 0 Å². The second-order valence-corrected chi connectivity index (χ2v) is 6.65. The van der Waals surface area contributed by atoms with Gasteiger partial charge in [0.1, 0.15) is 5.82 Å². The predicted octanol–water partition coefficient (Wildman–Crippen LogP) is 5.20. The molecule has 0 saturated heterocycles. The van der Waals surface area contributed by atoms with Crippen molar-refractivity contribution >= 4 is 16.6 Å². The first-order valence-corrected chi connectivity index (χ1v) is 8.03. The van der Waals surface area contributed by atoms with Gasteiger partial charge in [-0.2, -0.15) is 0 Å². The van der Waals surface area contributed by atoms with Gasteiger partial charge in [-0.05, 0) is 84.0 Å². The fourth-order valence-corrected chi connectivity index (χ4v) is 3.11. The van der Waals surface area contributed by atoms with Crippen molar-refractivity contribution in [2.45, 2.75) is 27.7 Å². The normalized spacial score (nSPS) is 11.0. The fourth-order valence-electron chi connectivity index (χ4n) is 3.11. The summed E-state index contributed by atoms with van der Waals surface area (Å²) in [5, 5.41) is 2.64. The molecule has 2 heteroatoms. The summed E-state index contributed by atoms with van der Waals surface area (Å²) in [6.45, 7) is 8.78. The summed E-state index contributed by atoms with van der Waals surface area (Å²) in [6.07, 6.45) is 1.90. The van der Waals surface area contributed by atoms with Gasteiger partial charge in [-0.15, -0.1) is 0 Å². The number of hydrogen-bond acceptors (Lipinski definition) is 2. The maximum Gasteiger partial charge on any atom is 0.128 e. The average Bonchev–Trinajstić information content (AvgIpc) is 2.51. The third-order valence-electron chi connectivity index (χ3n) is 4.77. The van der Waals surface area contributed by atoms with Gasteiger partial charge in [0.2, 0.25) is 0 Å². The molecule has 0 fully saturated rings. The molecule has 3 aromatic rings. The Bertz CT molecular complexity index is 887. The Morgan fingerprint density at radius 1 is 0.826 bits per heavy atom. The SMILES string of the molecule is Cc1cc2cc(C)c(C)c(-c3ccnc(N(C)C)c3)c2cc1C. The van der Waals surface area contributed by atoms with E-state index in [0.717, 1.165) is 5.82 Å². The van der Waals surface area contributed by atoms with Crippen LogP contribution in [0.25, 0.3) is 21.9 Å². The Hall–Kier alpha value is -2.35. The van der Waals surface area contributed by atoms with E-state index in [9.17, 15) is 0 Å². The fraction of sp³-hybridized carbons (Fsp3) is 0.286. The van der Waals surface area contributed by atoms with Crippen molar-refractivity contribution in [3.8, 4) is 11.1 Å². The molecular weight excluding hydrogens is 280 g/mol. The largest absolute Gasteiger partial charge is 0.363 e. The lowest BCUT2D eigenvalue weighted by molar-refractivity contribution is 1.07. The van der Waals surface area contributed by atoms with Gasteiger partial charge in [-0.25, -0.2) is 4.98 Å². The van der Waals surface area contributed by atoms with E-state index in [1.165, 1.54) is 44.2 Å². The molecule has 0 spiro atoms. The number of aromatic nitrogens is 1. The zero-order valence-electron chi connectivity index (χ0n) is 14.9. The van der Waals surface area contributed by atoms with Crippen LogP contribution in [-0.2, 0) is 0 Å². The minimum absolute atomic E-state index is 0.986. The molecule has 23 heavy (non-hydrogen) atoms. The van der Waals surface area contributed by atoms with Gasteiger partial charge < -0.3 is 4.90 Å². The first kappa shape index (κ1) is 15.5. The second kappa shape index (κ2) is 5.69. The van der Waals surface area contributed by atoms with Crippen LogP contribution in [-0.4, -0.2) is 19.1 Å². The highest BCUT2D eigenvalue weighted by atomic mass is 15.1. The topological polar surface area (TPSA) is 16.1 Å². The van der Waals surface area contributed by atoms with E-state index in [4.69, 9.17) is 0 Å². The zero-order valence-corrected chi connectivity index (χ0v) is 14.9. The Morgan fingerprint density at radius 3 is 2.17 bits per heavy atom. The van der Waals surface area contributed by atoms with Crippen LogP contribution in [0.4, 0.5) is 5.82 Å². The smallest absolute Gasteiger partial charge is 0.128 e. The van der Waals surface area contributed by atoms with E-state index in [1.807, 2.05) is 25.2 Å². The van der Waals surface area contributed by atoms with Crippen LogP contribution in [0.2, 0.25) is 0 Å². The van der Waals surface area contributed by atoms with Crippen LogP contribution in [0.5, 0.6) is 0 Å². The molecule has 3 rings (SSSR count). The highest BCUT2D eigenvalue weighted by molar-refractivity contribution is 6.00. The number of rotatable bonds is 2. The molecule has 0 radical (unpaired) electrons. The quantitative estimate of drug-likeness (QED) is 0.647. The van der Waals surface area contributed by atoms with Crippen LogP contribution in [0.15, 0.2) is 36.5 Å². The van der Waals surface area contributed by atoms with Gasteiger partial charge >= 0.3 is 0 Å². The summed E-state index contributed by atoms with van der Waals surface area (Å²) in [5.74, 6) is 0.986. The maximum atomic E-state index is 4.45. The first-order valence-electron chi connectivity index (χ1n) is 8.03. The molecule has 2 aromatic carbocycles. The Labute approximate surface area is 138 Å². The molecule has 0 aliphatic heterocycles. The monoisotopic (exact) mass is 304 g/mol. The Balaban J connectivity index is 2.38. The van der Waals surface area contributed by atoms with Crippen LogP contribution in [0.1, 0.15) is 22.3 Å². The van der Waals surface area contributed by atoms with Gasteiger partial charge in [0.15, 0.2) is 0 Å². The molecule has 0 bridgehead atoms. The van der Waals surface area contributed by atoms with E-state index in [2.05, 4.69) is 63.0 Å². The molecule has 0 aliphatic carbocycles. The van der Waals surface area contributed by atoms with Crippen molar-refractivity contribution in [2.75, 3.05) is 19.0 Å². The minimum atomic E-state index is 0.986. The molecule has 0 saturated carbocycles. The van der Waals surface area contributed by atoms with Crippen molar-refractivity contribution in [1.82, 2.24) is 4.98 Å². The molecule has 118 valence electrons. The highest BCUT2D eigenvalue weighted by Crippen LogP contribution is 2.36. The lowest BCUT2D eigenvalue weighted by Gasteiger charge is -2.17. The van der Waals surface area contributed by atoms with Crippen molar-refractivity contribution < 1.29 is 0 Å². The number of pyridine rings is 1. The molecule has 1 heterocycles. The lowest BCUT2D eigenvalue weighted by Crippen LogP contribution is -2.10. The predicted molar refractivity (Wildman–Crippen MR) is 100 cm³/mol. The van der Waals surface area contributed by atoms with Gasteiger partial charge in [0.05, 0.1) is 0 Å². The van der Waals surface area contributed by atoms with Crippen molar-refractivity contribution in [3.63, 3.8) is 0 Å². The third-order valence-corrected chi connectivity index (χ3v) is 4.77. The summed E-state index contributed by atoms with van der Waals surface area (Å²) in [6, 6.07) is 11.2. The summed E-state index contributed by atoms with van der Waals surface area (Å²) in [7, 11) is 4.06. The van der Waals surface area contributed by atoms with E-state index >= 15 is 0 Å². The average molecular weight is 304 g/mol. The molecule has 0 N–H and O–H groups in total. The summed E-state index contributed by atoms with van der Waals surface area (Å²) < 4.78 is 0. The first-order chi connectivity index (χ1) is 10.9. The molecule has 0 unspecified atom stereocenters. The molecular formula is C21H24N2. The summed E-state index contributed by atoms with van der Waals surface area (Å²) in [4.78, 5) is 6.50. The van der Waals surface area contributed by atoms with E-state index in [-0.39, 0.29) is 0 Å². The van der Waals surface area contributed by atoms with Gasteiger partial charge in [-0.3, -0.25) is 0 Å². The summed E-state index contributed by atoms with van der Waals surface area (Å²) >= 11 is 0. The number of nitrogens with zero attached hydrogens (tertiary/aromatic N) is 2. The molecule has 1 aromatic heterocycles. The molecule has 2 nitrogen and oxygen atoms in total. The molecule has 0 amide bonds. The van der Waals surface area contributed by atoms with Crippen molar-refractivity contribution in [1.29, 1.82) is 0 Å². The lowest BCUT2D eigenvalue weighted by atomic mass is 9.89. The Kier molecular flexibility index (Phi) is 3.85. The van der Waals surface area contributed by atoms with Crippen LogP contribution >= 0.6 is 0 Å². The number of aryl methyl sites for hydroxylation is 3. The molecule has 0 aliphatic rings. The number of fused-ring (bicyclic) bond motifs is 1. The van der Waals surface area contributed by atoms with E-state index < -0.39 is 0 Å². The standard InChI is InChI=1S/C21H24N2/c1-13-9-18-10-15(3)16(4)21(19(18)11-14(13)2)17-7-8-22-20(12-17)23(5)6/h7-12H,1-6H3. The minimum Gasteiger partial charge on any atom is -0.363 e. The van der Waals surface area contributed by atoms with Gasteiger partial charge in [-0.1, -0.05) is 18.2 Å². The van der Waals surface area contributed by atoms with E-state index in [0.29, 0.717) is 0 Å². The Morgan fingerprint density at radius 2 is 1.48 bits per heavy atom. The zero-order chi connectivity index (χ0) is 16.7. The number of hydrogen-bond donors (Lipinski definition) is 0. The summed E-state index contributed by atoms with van der Waals surface area (Å²) in [5.41, 5.74) is 7.92. The molecule has 0 atom stereocenters. The second-order valence-electron chi connectivity index (χ2n) is 6.65. The van der Waals surface area contributed by atoms with E-state index in [1.54, 1.807) is 0 Å². The van der Waals surface area contributed by atoms with Crippen LogP contribution in [0, 0.1) is 27.7 Å². The maximum absolute atomic E-state index is 4.45. The number of benzene rings is 2. The van der Waals surface area contributed by atoms with Crippen molar-refractivity contribution in [3.05, 3.63) is 58.8 Å². The third kappa shape index (κ3) is 2.70. The van der Waals surface area contributed by atoms with Crippen LogP contribution < -0.4 is 4.90 Å². The highest BCUT2D eigenvalue weighted by Gasteiger charge is 2.12. The van der Waals surface area contributed by atoms with Crippen LogP contribution in [0.3, 0.4) is 0 Å².